The number of fused-ring (bicyclic) bond motifs is 11. The van der Waals surface area contributed by atoms with Crippen molar-refractivity contribution >= 4 is 87.0 Å². The Morgan fingerprint density at radius 1 is 0.241 bits per heavy atom. The molecule has 0 aliphatic heterocycles. The van der Waals surface area contributed by atoms with Gasteiger partial charge in [0, 0.05) is 21.5 Å². The van der Waals surface area contributed by atoms with Crippen molar-refractivity contribution in [3.05, 3.63) is 182 Å². The standard InChI is InChI=1S/C52H30O2/c1-2-10-34-27-37(22-19-31(34)9-1)51-40-13-5-3-11-38(40)50(39-12-4-6-14-41(39)51)33-20-17-32(18-21-33)35-23-25-47-44(28-35)45-29-36-24-26-48-52(43(36)30-49(45)54-47)42-15-7-8-16-46(42)53-48/h1-30H. The number of hydrogen-bond acceptors (Lipinski definition) is 2. The maximum atomic E-state index is 6.48. The van der Waals surface area contributed by atoms with E-state index < -0.39 is 0 Å². The summed E-state index contributed by atoms with van der Waals surface area (Å²) in [5.41, 5.74) is 10.9. The van der Waals surface area contributed by atoms with Gasteiger partial charge >= 0.3 is 0 Å². The van der Waals surface area contributed by atoms with Gasteiger partial charge < -0.3 is 8.83 Å². The lowest BCUT2D eigenvalue weighted by molar-refractivity contribution is 0.669. The van der Waals surface area contributed by atoms with Crippen molar-refractivity contribution in [2.24, 2.45) is 0 Å². The van der Waals surface area contributed by atoms with Crippen molar-refractivity contribution in [1.82, 2.24) is 0 Å². The number of rotatable bonds is 3. The largest absolute Gasteiger partial charge is 0.456 e. The molecule has 10 aromatic carbocycles. The Morgan fingerprint density at radius 3 is 1.52 bits per heavy atom. The van der Waals surface area contributed by atoms with Crippen LogP contribution in [0.15, 0.2) is 191 Å². The van der Waals surface area contributed by atoms with Crippen LogP contribution in [0.1, 0.15) is 0 Å². The molecule has 0 amide bonds. The minimum atomic E-state index is 0.883. The van der Waals surface area contributed by atoms with Crippen LogP contribution in [0.4, 0.5) is 0 Å². The Bertz CT molecular complexity index is 3430. The molecular formula is C52H30O2. The summed E-state index contributed by atoms with van der Waals surface area (Å²) in [5, 5.41) is 14.4. The summed E-state index contributed by atoms with van der Waals surface area (Å²) in [7, 11) is 0. The van der Waals surface area contributed by atoms with E-state index in [-0.39, 0.29) is 0 Å². The minimum Gasteiger partial charge on any atom is -0.456 e. The lowest BCUT2D eigenvalue weighted by Crippen LogP contribution is -1.91. The molecule has 2 nitrogen and oxygen atoms in total. The van der Waals surface area contributed by atoms with Gasteiger partial charge in [0.25, 0.3) is 0 Å². The molecule has 0 aliphatic rings. The zero-order chi connectivity index (χ0) is 35.3. The second kappa shape index (κ2) is 11.2. The maximum absolute atomic E-state index is 6.48. The van der Waals surface area contributed by atoms with Crippen molar-refractivity contribution in [1.29, 1.82) is 0 Å². The van der Waals surface area contributed by atoms with Crippen LogP contribution in [-0.4, -0.2) is 0 Å². The summed E-state index contributed by atoms with van der Waals surface area (Å²) in [6, 6.07) is 65.8. The highest BCUT2D eigenvalue weighted by molar-refractivity contribution is 6.23. The van der Waals surface area contributed by atoms with Crippen molar-refractivity contribution < 1.29 is 8.83 Å². The first-order valence-corrected chi connectivity index (χ1v) is 18.5. The molecule has 0 aliphatic carbocycles. The molecule has 2 aromatic heterocycles. The molecule has 0 radical (unpaired) electrons. The first-order valence-electron chi connectivity index (χ1n) is 18.5. The molecule has 0 atom stereocenters. The van der Waals surface area contributed by atoms with Gasteiger partial charge in [-0.05, 0) is 119 Å². The highest BCUT2D eigenvalue weighted by atomic mass is 16.3. The van der Waals surface area contributed by atoms with Gasteiger partial charge in [-0.1, -0.05) is 140 Å². The molecule has 0 fully saturated rings. The van der Waals surface area contributed by atoms with Crippen LogP contribution in [0.2, 0.25) is 0 Å². The van der Waals surface area contributed by atoms with Crippen LogP contribution < -0.4 is 0 Å². The topological polar surface area (TPSA) is 26.3 Å². The molecule has 2 heterocycles. The summed E-state index contributed by atoms with van der Waals surface area (Å²) in [4.78, 5) is 0. The zero-order valence-electron chi connectivity index (χ0n) is 29.1. The SMILES string of the molecule is c1ccc2cc(-c3c4ccccc4c(-c4ccc(-c5ccc6oc7cc8c(ccc9oc%10ccccc%10c98)cc7c6c5)cc4)c4ccccc34)ccc2c1. The Kier molecular flexibility index (Phi) is 6.09. The fraction of sp³-hybridized carbons (Fsp3) is 0. The van der Waals surface area contributed by atoms with E-state index in [0.29, 0.717) is 0 Å². The van der Waals surface area contributed by atoms with Gasteiger partial charge in [-0.2, -0.15) is 0 Å². The van der Waals surface area contributed by atoms with Gasteiger partial charge in [0.15, 0.2) is 0 Å². The molecule has 0 unspecified atom stereocenters. The molecule has 0 saturated carbocycles. The van der Waals surface area contributed by atoms with Crippen molar-refractivity contribution in [2.75, 3.05) is 0 Å². The van der Waals surface area contributed by atoms with Crippen molar-refractivity contribution in [3.8, 4) is 33.4 Å². The van der Waals surface area contributed by atoms with E-state index >= 15 is 0 Å². The summed E-state index contributed by atoms with van der Waals surface area (Å²) in [5.74, 6) is 0. The van der Waals surface area contributed by atoms with Crippen LogP contribution in [0, 0.1) is 0 Å². The van der Waals surface area contributed by atoms with Crippen LogP contribution in [0.25, 0.3) is 120 Å². The number of hydrogen-bond donors (Lipinski definition) is 0. The average molecular weight is 687 g/mol. The first-order chi connectivity index (χ1) is 26.7. The average Bonchev–Trinajstić information content (AvgIpc) is 3.79. The van der Waals surface area contributed by atoms with E-state index in [1.807, 2.05) is 12.1 Å². The van der Waals surface area contributed by atoms with Gasteiger partial charge in [-0.25, -0.2) is 0 Å². The molecule has 12 rings (SSSR count). The number of benzene rings is 10. The lowest BCUT2D eigenvalue weighted by Gasteiger charge is -2.18. The monoisotopic (exact) mass is 686 g/mol. The smallest absolute Gasteiger partial charge is 0.136 e. The Balaban J connectivity index is 0.986. The van der Waals surface area contributed by atoms with E-state index in [9.17, 15) is 0 Å². The third-order valence-electron chi connectivity index (χ3n) is 11.4. The number of furan rings is 2. The van der Waals surface area contributed by atoms with Crippen LogP contribution in [0.5, 0.6) is 0 Å². The van der Waals surface area contributed by atoms with E-state index in [2.05, 4.69) is 170 Å². The molecule has 2 heteroatoms. The first kappa shape index (κ1) is 29.4. The van der Waals surface area contributed by atoms with E-state index in [0.717, 1.165) is 54.8 Å². The van der Waals surface area contributed by atoms with Gasteiger partial charge in [0.2, 0.25) is 0 Å². The predicted molar refractivity (Wildman–Crippen MR) is 227 cm³/mol. The quantitative estimate of drug-likeness (QED) is 0.173. The normalized spacial score (nSPS) is 12.1. The van der Waals surface area contributed by atoms with Crippen LogP contribution >= 0.6 is 0 Å². The molecule has 0 saturated heterocycles. The number of para-hydroxylation sites is 1. The lowest BCUT2D eigenvalue weighted by atomic mass is 9.85. The molecule has 0 bridgehead atoms. The second-order valence-electron chi connectivity index (χ2n) is 14.4. The highest BCUT2D eigenvalue weighted by Gasteiger charge is 2.18. The molecule has 0 N–H and O–H groups in total. The maximum Gasteiger partial charge on any atom is 0.136 e. The van der Waals surface area contributed by atoms with Gasteiger partial charge in [-0.3, -0.25) is 0 Å². The third kappa shape index (κ3) is 4.28. The molecule has 250 valence electrons. The van der Waals surface area contributed by atoms with Gasteiger partial charge in [-0.15, -0.1) is 0 Å². The van der Waals surface area contributed by atoms with Crippen LogP contribution in [0.3, 0.4) is 0 Å². The minimum absolute atomic E-state index is 0.883. The fourth-order valence-corrected chi connectivity index (χ4v) is 8.92. The molecular weight excluding hydrogens is 657 g/mol. The highest BCUT2D eigenvalue weighted by Crippen LogP contribution is 2.45. The fourth-order valence-electron chi connectivity index (χ4n) is 8.92. The Morgan fingerprint density at radius 2 is 0.759 bits per heavy atom. The Hall–Kier alpha value is -7.16. The van der Waals surface area contributed by atoms with Gasteiger partial charge in [0.1, 0.15) is 22.3 Å². The predicted octanol–water partition coefficient (Wildman–Crippen LogP) is 15.1. The van der Waals surface area contributed by atoms with Crippen LogP contribution in [-0.2, 0) is 0 Å². The second-order valence-corrected chi connectivity index (χ2v) is 14.4. The van der Waals surface area contributed by atoms with E-state index in [1.165, 1.54) is 65.5 Å². The summed E-state index contributed by atoms with van der Waals surface area (Å²) in [6.45, 7) is 0. The summed E-state index contributed by atoms with van der Waals surface area (Å²) >= 11 is 0. The van der Waals surface area contributed by atoms with Crippen molar-refractivity contribution in [2.45, 2.75) is 0 Å². The zero-order valence-corrected chi connectivity index (χ0v) is 29.1. The third-order valence-corrected chi connectivity index (χ3v) is 11.4. The molecule has 0 spiro atoms. The van der Waals surface area contributed by atoms with E-state index in [1.54, 1.807) is 0 Å². The van der Waals surface area contributed by atoms with Crippen molar-refractivity contribution in [3.63, 3.8) is 0 Å². The Labute approximate surface area is 310 Å². The van der Waals surface area contributed by atoms with Gasteiger partial charge in [0.05, 0.1) is 0 Å². The molecule has 12 aromatic rings. The summed E-state index contributed by atoms with van der Waals surface area (Å²) in [6.07, 6.45) is 0. The van der Waals surface area contributed by atoms with E-state index in [4.69, 9.17) is 8.83 Å². The summed E-state index contributed by atoms with van der Waals surface area (Å²) < 4.78 is 12.7. The molecule has 54 heavy (non-hydrogen) atoms.